The molecule has 6 heteroatoms. The van der Waals surface area contributed by atoms with Crippen LogP contribution in [0.15, 0.2) is 42.5 Å². The summed E-state index contributed by atoms with van der Waals surface area (Å²) in [6.07, 6.45) is 3.00. The number of methoxy groups -OCH3 is 2. The summed E-state index contributed by atoms with van der Waals surface area (Å²) in [7, 11) is 3.20. The molecular weight excluding hydrogens is 383 g/mol. The van der Waals surface area contributed by atoms with Crippen LogP contribution in [0.1, 0.15) is 38.2 Å². The average Bonchev–Trinajstić information content (AvgIpc) is 2.76. The second kappa shape index (κ2) is 10.4. The Kier molecular flexibility index (Phi) is 7.69. The van der Waals surface area contributed by atoms with Crippen LogP contribution in [0.3, 0.4) is 0 Å². The first-order valence-corrected chi connectivity index (χ1v) is 10.6. The van der Waals surface area contributed by atoms with Crippen LogP contribution >= 0.6 is 0 Å². The summed E-state index contributed by atoms with van der Waals surface area (Å²) < 4.78 is 24.8. The van der Waals surface area contributed by atoms with Gasteiger partial charge in [0.15, 0.2) is 11.5 Å². The van der Waals surface area contributed by atoms with Crippen LogP contribution in [0.2, 0.25) is 0 Å². The smallest absolute Gasteiger partial charge is 0.227 e. The monoisotopic (exact) mass is 414 g/mol. The van der Waals surface area contributed by atoms with E-state index in [0.29, 0.717) is 24.5 Å². The Balaban J connectivity index is 1.74. The third kappa shape index (κ3) is 5.11. The Labute approximate surface area is 178 Å². The number of nitrogens with zero attached hydrogens (tertiary/aromatic N) is 2. The average molecular weight is 415 g/mol. The topological polar surface area (TPSA) is 42.0 Å². The number of carbonyl (C=O) groups excluding carboxylic acids is 1. The second-order valence-corrected chi connectivity index (χ2v) is 7.65. The Bertz CT molecular complexity index is 850. The molecule has 162 valence electrons. The lowest BCUT2D eigenvalue weighted by Crippen LogP contribution is -2.47. The van der Waals surface area contributed by atoms with E-state index in [4.69, 9.17) is 9.47 Å². The number of rotatable bonds is 8. The van der Waals surface area contributed by atoms with E-state index in [0.717, 1.165) is 43.6 Å². The molecular formula is C24H31FN2O3. The van der Waals surface area contributed by atoms with Crippen LogP contribution < -0.4 is 14.4 Å². The number of piperidine rings is 1. The van der Waals surface area contributed by atoms with Crippen molar-refractivity contribution in [1.82, 2.24) is 4.90 Å². The summed E-state index contributed by atoms with van der Waals surface area (Å²) in [6, 6.07) is 12.7. The summed E-state index contributed by atoms with van der Waals surface area (Å²) in [5.41, 5.74) is 1.55. The molecule has 0 aromatic heterocycles. The van der Waals surface area contributed by atoms with E-state index in [9.17, 15) is 9.18 Å². The zero-order valence-electron chi connectivity index (χ0n) is 18.1. The van der Waals surface area contributed by atoms with Gasteiger partial charge in [-0.15, -0.1) is 0 Å². The predicted octanol–water partition coefficient (Wildman–Crippen LogP) is 4.64. The highest BCUT2D eigenvalue weighted by atomic mass is 19.1. The normalized spacial score (nSPS) is 15.1. The van der Waals surface area contributed by atoms with E-state index in [-0.39, 0.29) is 17.8 Å². The largest absolute Gasteiger partial charge is 0.493 e. The van der Waals surface area contributed by atoms with Crippen LogP contribution in [-0.2, 0) is 11.3 Å². The van der Waals surface area contributed by atoms with E-state index in [2.05, 4.69) is 4.90 Å². The summed E-state index contributed by atoms with van der Waals surface area (Å²) in [6.45, 7) is 4.25. The highest BCUT2D eigenvalue weighted by molar-refractivity contribution is 5.94. The zero-order valence-corrected chi connectivity index (χ0v) is 18.1. The first kappa shape index (κ1) is 22.1. The van der Waals surface area contributed by atoms with Crippen molar-refractivity contribution in [3.8, 4) is 11.5 Å². The van der Waals surface area contributed by atoms with Crippen molar-refractivity contribution in [2.24, 2.45) is 0 Å². The fourth-order valence-corrected chi connectivity index (χ4v) is 4.07. The van der Waals surface area contributed by atoms with Crippen LogP contribution in [0.25, 0.3) is 0 Å². The van der Waals surface area contributed by atoms with Crippen molar-refractivity contribution in [1.29, 1.82) is 0 Å². The van der Waals surface area contributed by atoms with Gasteiger partial charge in [0, 0.05) is 49.4 Å². The Morgan fingerprint density at radius 2 is 1.80 bits per heavy atom. The van der Waals surface area contributed by atoms with Gasteiger partial charge in [0.1, 0.15) is 5.82 Å². The minimum absolute atomic E-state index is 0.110. The molecule has 0 atom stereocenters. The molecule has 3 rings (SSSR count). The van der Waals surface area contributed by atoms with E-state index in [1.807, 2.05) is 42.2 Å². The minimum atomic E-state index is -0.162. The number of halogens is 1. The third-order valence-corrected chi connectivity index (χ3v) is 5.65. The molecule has 0 spiro atoms. The SMILES string of the molecule is CCCC(=O)N(c1ccc(OC)c(OC)c1)C1CCN(Cc2ccccc2F)CC1. The van der Waals surface area contributed by atoms with E-state index < -0.39 is 0 Å². The molecule has 0 aliphatic carbocycles. The van der Waals surface area contributed by atoms with Gasteiger partial charge in [0.25, 0.3) is 0 Å². The molecule has 1 aliphatic rings. The van der Waals surface area contributed by atoms with Gasteiger partial charge in [-0.2, -0.15) is 0 Å². The van der Waals surface area contributed by atoms with Crippen molar-refractivity contribution in [2.75, 3.05) is 32.2 Å². The lowest BCUT2D eigenvalue weighted by atomic mass is 10.0. The molecule has 1 amide bonds. The van der Waals surface area contributed by atoms with Crippen molar-refractivity contribution >= 4 is 11.6 Å². The molecule has 0 radical (unpaired) electrons. The number of likely N-dealkylation sites (tertiary alicyclic amines) is 1. The van der Waals surface area contributed by atoms with Gasteiger partial charge in [-0.3, -0.25) is 9.69 Å². The van der Waals surface area contributed by atoms with Crippen LogP contribution in [0.5, 0.6) is 11.5 Å². The highest BCUT2D eigenvalue weighted by Crippen LogP contribution is 2.34. The molecule has 1 fully saturated rings. The summed E-state index contributed by atoms with van der Waals surface area (Å²) in [5, 5.41) is 0. The zero-order chi connectivity index (χ0) is 21.5. The number of hydrogen-bond acceptors (Lipinski definition) is 4. The van der Waals surface area contributed by atoms with Crippen LogP contribution in [0.4, 0.5) is 10.1 Å². The quantitative estimate of drug-likeness (QED) is 0.631. The first-order valence-electron chi connectivity index (χ1n) is 10.6. The Morgan fingerprint density at radius 3 is 2.43 bits per heavy atom. The van der Waals surface area contributed by atoms with Gasteiger partial charge in [0.05, 0.1) is 14.2 Å². The summed E-state index contributed by atoms with van der Waals surface area (Å²) in [4.78, 5) is 17.2. The molecule has 0 unspecified atom stereocenters. The van der Waals surface area contributed by atoms with Crippen LogP contribution in [-0.4, -0.2) is 44.2 Å². The third-order valence-electron chi connectivity index (χ3n) is 5.65. The molecule has 1 aliphatic heterocycles. The van der Waals surface area contributed by atoms with Crippen molar-refractivity contribution < 1.29 is 18.7 Å². The van der Waals surface area contributed by atoms with Crippen molar-refractivity contribution in [3.63, 3.8) is 0 Å². The van der Waals surface area contributed by atoms with Crippen molar-refractivity contribution in [2.45, 2.75) is 45.2 Å². The fourth-order valence-electron chi connectivity index (χ4n) is 4.07. The van der Waals surface area contributed by atoms with Gasteiger partial charge in [-0.1, -0.05) is 25.1 Å². The molecule has 0 bridgehead atoms. The molecule has 0 N–H and O–H groups in total. The minimum Gasteiger partial charge on any atom is -0.493 e. The van der Waals surface area contributed by atoms with Gasteiger partial charge < -0.3 is 14.4 Å². The number of amides is 1. The van der Waals surface area contributed by atoms with E-state index >= 15 is 0 Å². The Hall–Kier alpha value is -2.60. The van der Waals surface area contributed by atoms with Gasteiger partial charge in [0.2, 0.25) is 5.91 Å². The predicted molar refractivity (Wildman–Crippen MR) is 117 cm³/mol. The van der Waals surface area contributed by atoms with Gasteiger partial charge >= 0.3 is 0 Å². The summed E-state index contributed by atoms with van der Waals surface area (Å²) >= 11 is 0. The highest BCUT2D eigenvalue weighted by Gasteiger charge is 2.29. The van der Waals surface area contributed by atoms with E-state index in [1.54, 1.807) is 20.3 Å². The lowest BCUT2D eigenvalue weighted by Gasteiger charge is -2.39. The maximum absolute atomic E-state index is 14.0. The first-order chi connectivity index (χ1) is 14.6. The van der Waals surface area contributed by atoms with E-state index in [1.165, 1.54) is 6.07 Å². The summed E-state index contributed by atoms with van der Waals surface area (Å²) in [5.74, 6) is 1.21. The number of carbonyl (C=O) groups is 1. The Morgan fingerprint density at radius 1 is 1.10 bits per heavy atom. The molecule has 5 nitrogen and oxygen atoms in total. The number of ether oxygens (including phenoxy) is 2. The van der Waals surface area contributed by atoms with Gasteiger partial charge in [-0.05, 0) is 37.5 Å². The molecule has 0 saturated carbocycles. The maximum Gasteiger partial charge on any atom is 0.227 e. The number of benzene rings is 2. The molecule has 1 saturated heterocycles. The van der Waals surface area contributed by atoms with Crippen molar-refractivity contribution in [3.05, 3.63) is 53.8 Å². The molecule has 1 heterocycles. The maximum atomic E-state index is 14.0. The lowest BCUT2D eigenvalue weighted by molar-refractivity contribution is -0.119. The van der Waals surface area contributed by atoms with Gasteiger partial charge in [-0.25, -0.2) is 4.39 Å². The molecule has 2 aromatic carbocycles. The number of hydrogen-bond donors (Lipinski definition) is 0. The standard InChI is InChI=1S/C24H31FN2O3/c1-4-7-24(28)27(20-10-11-22(29-2)23(16-20)30-3)19-12-14-26(15-13-19)17-18-8-5-6-9-21(18)25/h5-6,8-11,16,19H,4,7,12-15,17H2,1-3H3. The fraction of sp³-hybridized carbons (Fsp3) is 0.458. The second-order valence-electron chi connectivity index (χ2n) is 7.65. The number of anilines is 1. The molecule has 2 aromatic rings. The molecule has 30 heavy (non-hydrogen) atoms. The van der Waals surface area contributed by atoms with Crippen LogP contribution in [0, 0.1) is 5.82 Å².